The van der Waals surface area contributed by atoms with Crippen LogP contribution in [0, 0.1) is 0 Å². The Kier molecular flexibility index (Phi) is 5.16. The topological polar surface area (TPSA) is 29.5 Å². The minimum absolute atomic E-state index is 0.455. The van der Waals surface area contributed by atoms with Gasteiger partial charge in [-0.1, -0.05) is 63.9 Å². The molecule has 1 N–H and O–H groups in total. The lowest BCUT2D eigenvalue weighted by molar-refractivity contribution is -0.0893. The number of halogens is 1. The van der Waals surface area contributed by atoms with E-state index in [1.54, 1.807) is 13.8 Å². The quantitative estimate of drug-likeness (QED) is 0.824. The summed E-state index contributed by atoms with van der Waals surface area (Å²) in [5.74, 6) is 0. The van der Waals surface area contributed by atoms with Crippen molar-refractivity contribution in [3.63, 3.8) is 0 Å². The van der Waals surface area contributed by atoms with Gasteiger partial charge in [0, 0.05) is 4.47 Å². The summed E-state index contributed by atoms with van der Waals surface area (Å²) < 4.78 is 6.98. The van der Waals surface area contributed by atoms with Gasteiger partial charge in [-0.2, -0.15) is 0 Å². The van der Waals surface area contributed by atoms with E-state index in [0.29, 0.717) is 7.48 Å². The maximum atomic E-state index is 10.2. The van der Waals surface area contributed by atoms with Crippen molar-refractivity contribution in [2.75, 3.05) is 0 Å². The van der Waals surface area contributed by atoms with Gasteiger partial charge in [0.1, 0.15) is 0 Å². The molecule has 0 aliphatic heterocycles. The van der Waals surface area contributed by atoms with Crippen LogP contribution in [0.3, 0.4) is 0 Å². The van der Waals surface area contributed by atoms with Crippen LogP contribution in [0.2, 0.25) is 0 Å². The summed E-state index contributed by atoms with van der Waals surface area (Å²) in [6, 6.07) is 16.5. The highest BCUT2D eigenvalue weighted by Gasteiger charge is 2.35. The Labute approximate surface area is 141 Å². The number of hydrogen-bond donors (Lipinski definition) is 1. The Bertz CT molecular complexity index is 633. The first-order valence-corrected chi connectivity index (χ1v) is 8.19. The standard InChI is InChI=1S/C18H22BBrO2/c1-17(2,21)18(3,4)22-19-15-10-14(11-16(20)12-15)13-8-6-5-7-9-13/h5-12,19,21H,1-4H3. The molecule has 0 spiro atoms. The zero-order chi connectivity index (χ0) is 16.4. The molecule has 0 aliphatic carbocycles. The highest BCUT2D eigenvalue weighted by atomic mass is 79.9. The maximum absolute atomic E-state index is 10.2. The Morgan fingerprint density at radius 1 is 0.955 bits per heavy atom. The Hall–Kier alpha value is -1.10. The third-order valence-electron chi connectivity index (χ3n) is 4.14. The molecule has 0 aliphatic rings. The van der Waals surface area contributed by atoms with Crippen LogP contribution in [-0.4, -0.2) is 23.8 Å². The van der Waals surface area contributed by atoms with Gasteiger partial charge in [-0.05, 0) is 44.9 Å². The predicted molar refractivity (Wildman–Crippen MR) is 97.8 cm³/mol. The largest absolute Gasteiger partial charge is 0.427 e. The molecule has 2 rings (SSSR count). The van der Waals surface area contributed by atoms with Crippen molar-refractivity contribution in [2.45, 2.75) is 38.9 Å². The van der Waals surface area contributed by atoms with E-state index in [0.717, 1.165) is 15.5 Å². The number of benzene rings is 2. The molecule has 0 saturated heterocycles. The van der Waals surface area contributed by atoms with E-state index < -0.39 is 11.2 Å². The molecular formula is C18H22BBrO2. The summed E-state index contributed by atoms with van der Waals surface area (Å²) in [6.45, 7) is 7.35. The van der Waals surface area contributed by atoms with Crippen LogP contribution in [0.1, 0.15) is 27.7 Å². The highest BCUT2D eigenvalue weighted by Crippen LogP contribution is 2.25. The maximum Gasteiger partial charge on any atom is 0.309 e. The van der Waals surface area contributed by atoms with Crippen molar-refractivity contribution in [1.29, 1.82) is 0 Å². The summed E-state index contributed by atoms with van der Waals surface area (Å²) in [6.07, 6.45) is 0. The molecule has 2 aromatic rings. The molecule has 0 aromatic heterocycles. The van der Waals surface area contributed by atoms with Crippen molar-refractivity contribution in [3.05, 3.63) is 53.0 Å². The third kappa shape index (κ3) is 4.22. The van der Waals surface area contributed by atoms with E-state index in [-0.39, 0.29) is 0 Å². The van der Waals surface area contributed by atoms with Gasteiger partial charge in [-0.25, -0.2) is 0 Å². The molecule has 0 unspecified atom stereocenters. The van der Waals surface area contributed by atoms with Crippen molar-refractivity contribution < 1.29 is 9.76 Å². The lowest BCUT2D eigenvalue weighted by atomic mass is 9.81. The van der Waals surface area contributed by atoms with Gasteiger partial charge in [-0.15, -0.1) is 0 Å². The van der Waals surface area contributed by atoms with Gasteiger partial charge in [0.2, 0.25) is 0 Å². The van der Waals surface area contributed by atoms with Gasteiger partial charge in [0.05, 0.1) is 11.2 Å². The molecule has 116 valence electrons. The first kappa shape index (κ1) is 17.3. The fourth-order valence-corrected chi connectivity index (χ4v) is 2.51. The number of hydrogen-bond acceptors (Lipinski definition) is 2. The average Bonchev–Trinajstić information content (AvgIpc) is 2.44. The van der Waals surface area contributed by atoms with E-state index in [4.69, 9.17) is 4.65 Å². The molecule has 0 bridgehead atoms. The summed E-state index contributed by atoms with van der Waals surface area (Å²) in [4.78, 5) is 0. The molecule has 0 heterocycles. The first-order valence-electron chi connectivity index (χ1n) is 7.40. The molecule has 0 radical (unpaired) electrons. The smallest absolute Gasteiger partial charge is 0.309 e. The molecule has 0 amide bonds. The van der Waals surface area contributed by atoms with E-state index in [2.05, 4.69) is 40.2 Å². The zero-order valence-corrected chi connectivity index (χ0v) is 15.1. The van der Waals surface area contributed by atoms with Gasteiger partial charge < -0.3 is 9.76 Å². The van der Waals surface area contributed by atoms with Crippen LogP contribution in [0.5, 0.6) is 0 Å². The Balaban J connectivity index is 2.21. The van der Waals surface area contributed by atoms with Crippen molar-refractivity contribution >= 4 is 28.9 Å². The second-order valence-electron chi connectivity index (χ2n) is 6.57. The Morgan fingerprint density at radius 3 is 2.18 bits per heavy atom. The van der Waals surface area contributed by atoms with Crippen LogP contribution in [0.15, 0.2) is 53.0 Å². The summed E-state index contributed by atoms with van der Waals surface area (Å²) in [7, 11) is 0.455. The normalized spacial score (nSPS) is 12.3. The van der Waals surface area contributed by atoms with Gasteiger partial charge in [-0.3, -0.25) is 0 Å². The summed E-state index contributed by atoms with van der Waals surface area (Å²) in [5, 5.41) is 10.2. The fourth-order valence-electron chi connectivity index (χ4n) is 1.97. The van der Waals surface area contributed by atoms with Crippen molar-refractivity contribution in [1.82, 2.24) is 0 Å². The second-order valence-corrected chi connectivity index (χ2v) is 7.49. The SMILES string of the molecule is CC(C)(O)C(C)(C)OBc1cc(Br)cc(-c2ccccc2)c1. The second kappa shape index (κ2) is 6.57. The fraction of sp³-hybridized carbons (Fsp3) is 0.333. The minimum Gasteiger partial charge on any atom is -0.427 e. The first-order chi connectivity index (χ1) is 10.2. The van der Waals surface area contributed by atoms with Crippen LogP contribution >= 0.6 is 15.9 Å². The van der Waals surface area contributed by atoms with Gasteiger partial charge in [0.25, 0.3) is 0 Å². The summed E-state index contributed by atoms with van der Waals surface area (Å²) in [5.41, 5.74) is 1.87. The Morgan fingerprint density at radius 2 is 1.59 bits per heavy atom. The molecule has 2 nitrogen and oxygen atoms in total. The van der Waals surface area contributed by atoms with E-state index in [1.165, 1.54) is 5.56 Å². The van der Waals surface area contributed by atoms with Gasteiger partial charge in [0.15, 0.2) is 0 Å². The van der Waals surface area contributed by atoms with E-state index in [1.807, 2.05) is 38.1 Å². The van der Waals surface area contributed by atoms with Crippen molar-refractivity contribution in [3.8, 4) is 11.1 Å². The monoisotopic (exact) mass is 360 g/mol. The molecular weight excluding hydrogens is 339 g/mol. The highest BCUT2D eigenvalue weighted by molar-refractivity contribution is 9.10. The lowest BCUT2D eigenvalue weighted by Crippen LogP contribution is -2.49. The summed E-state index contributed by atoms with van der Waals surface area (Å²) >= 11 is 3.57. The molecule has 0 saturated carbocycles. The van der Waals surface area contributed by atoms with Crippen LogP contribution in [0.4, 0.5) is 0 Å². The van der Waals surface area contributed by atoms with E-state index >= 15 is 0 Å². The number of rotatable bonds is 5. The zero-order valence-electron chi connectivity index (χ0n) is 13.6. The van der Waals surface area contributed by atoms with Gasteiger partial charge >= 0.3 is 7.48 Å². The molecule has 0 atom stereocenters. The molecule has 22 heavy (non-hydrogen) atoms. The van der Waals surface area contributed by atoms with Crippen LogP contribution < -0.4 is 5.46 Å². The van der Waals surface area contributed by atoms with E-state index in [9.17, 15) is 5.11 Å². The predicted octanol–water partition coefficient (Wildman–Crippen LogP) is 3.66. The molecule has 4 heteroatoms. The van der Waals surface area contributed by atoms with Crippen molar-refractivity contribution in [2.24, 2.45) is 0 Å². The average molecular weight is 361 g/mol. The number of aliphatic hydroxyl groups is 1. The molecule has 2 aromatic carbocycles. The molecule has 0 fully saturated rings. The lowest BCUT2D eigenvalue weighted by Gasteiger charge is -2.37. The van der Waals surface area contributed by atoms with Crippen LogP contribution in [0.25, 0.3) is 11.1 Å². The third-order valence-corrected chi connectivity index (χ3v) is 4.60. The van der Waals surface area contributed by atoms with Crippen LogP contribution in [-0.2, 0) is 4.65 Å². The minimum atomic E-state index is -0.902.